The Kier molecular flexibility index (Phi) is 6.31. The third-order valence-electron chi connectivity index (χ3n) is 5.05. The summed E-state index contributed by atoms with van der Waals surface area (Å²) in [6, 6.07) is 4.85. The van der Waals surface area contributed by atoms with Crippen LogP contribution in [-0.4, -0.2) is 53.9 Å². The molecule has 0 radical (unpaired) electrons. The smallest absolute Gasteiger partial charge is 0.345 e. The van der Waals surface area contributed by atoms with Crippen molar-refractivity contribution in [3.8, 4) is 0 Å². The van der Waals surface area contributed by atoms with E-state index < -0.39 is 15.8 Å². The zero-order chi connectivity index (χ0) is 20.3. The molecule has 28 heavy (non-hydrogen) atoms. The Hall–Kier alpha value is -2.04. The fraction of sp³-hybridized carbons (Fsp3) is 0.556. The van der Waals surface area contributed by atoms with E-state index in [0.29, 0.717) is 51.5 Å². The molecule has 0 unspecified atom stereocenters. The van der Waals surface area contributed by atoms with Crippen molar-refractivity contribution in [1.82, 2.24) is 18.7 Å². The molecule has 1 aromatic heterocycles. The second-order valence-corrected chi connectivity index (χ2v) is 8.67. The molecular weight excluding hydrogens is 387 g/mol. The van der Waals surface area contributed by atoms with E-state index in [2.05, 4.69) is 5.10 Å². The van der Waals surface area contributed by atoms with E-state index in [0.717, 1.165) is 12.1 Å². The van der Waals surface area contributed by atoms with Crippen LogP contribution < -0.4 is 5.69 Å². The fourth-order valence-electron chi connectivity index (χ4n) is 3.49. The van der Waals surface area contributed by atoms with Crippen molar-refractivity contribution in [3.63, 3.8) is 0 Å². The third-order valence-corrected chi connectivity index (χ3v) is 6.96. The molecule has 3 rings (SSSR count). The minimum atomic E-state index is -3.66. The van der Waals surface area contributed by atoms with Gasteiger partial charge < -0.3 is 4.74 Å². The van der Waals surface area contributed by atoms with Gasteiger partial charge in [0.25, 0.3) is 0 Å². The first-order chi connectivity index (χ1) is 13.4. The highest BCUT2D eigenvalue weighted by Crippen LogP contribution is 2.29. The highest BCUT2D eigenvalue weighted by Gasteiger charge is 2.32. The van der Waals surface area contributed by atoms with Gasteiger partial charge in [-0.3, -0.25) is 4.57 Å². The van der Waals surface area contributed by atoms with Crippen LogP contribution in [-0.2, 0) is 27.8 Å². The lowest BCUT2D eigenvalue weighted by molar-refractivity contribution is 0.182. The molecule has 0 aliphatic carbocycles. The lowest BCUT2D eigenvalue weighted by Crippen LogP contribution is -2.38. The number of hydrogen-bond donors (Lipinski definition) is 0. The Balaban J connectivity index is 1.75. The molecule has 2 heterocycles. The van der Waals surface area contributed by atoms with Crippen LogP contribution in [0.25, 0.3) is 0 Å². The number of halogens is 1. The molecule has 1 aliphatic heterocycles. The maximum atomic E-state index is 13.1. The number of methoxy groups -OCH3 is 1. The molecular formula is C18H25FN4O4S. The average molecular weight is 412 g/mol. The fourth-order valence-corrected chi connectivity index (χ4v) is 4.96. The van der Waals surface area contributed by atoms with Gasteiger partial charge in [-0.1, -0.05) is 0 Å². The summed E-state index contributed by atoms with van der Waals surface area (Å²) in [6.07, 6.45) is 1.14. The number of benzene rings is 1. The molecule has 154 valence electrons. The molecule has 1 aliphatic rings. The molecule has 0 saturated carbocycles. The normalized spacial score (nSPS) is 16.5. The van der Waals surface area contributed by atoms with E-state index in [4.69, 9.17) is 4.74 Å². The van der Waals surface area contributed by atoms with Crippen LogP contribution in [0, 0.1) is 5.82 Å². The molecule has 0 spiro atoms. The molecule has 1 fully saturated rings. The summed E-state index contributed by atoms with van der Waals surface area (Å²) in [5.74, 6) is 0.234. The Labute approximate surface area is 163 Å². The Bertz CT molecular complexity index is 960. The molecule has 1 saturated heterocycles. The van der Waals surface area contributed by atoms with Crippen molar-refractivity contribution in [2.45, 2.75) is 43.7 Å². The van der Waals surface area contributed by atoms with E-state index in [-0.39, 0.29) is 16.5 Å². The second kappa shape index (κ2) is 8.54. The van der Waals surface area contributed by atoms with Gasteiger partial charge >= 0.3 is 5.69 Å². The minimum absolute atomic E-state index is 0.0103. The summed E-state index contributed by atoms with van der Waals surface area (Å²) in [4.78, 5) is 12.6. The summed E-state index contributed by atoms with van der Waals surface area (Å²) in [5, 5.41) is 4.47. The van der Waals surface area contributed by atoms with Crippen molar-refractivity contribution >= 4 is 10.0 Å². The maximum absolute atomic E-state index is 13.1. The Morgan fingerprint density at radius 3 is 2.43 bits per heavy atom. The number of hydrogen-bond acceptors (Lipinski definition) is 5. The summed E-state index contributed by atoms with van der Waals surface area (Å²) in [6.45, 7) is 3.83. The van der Waals surface area contributed by atoms with Crippen molar-refractivity contribution in [2.24, 2.45) is 0 Å². The van der Waals surface area contributed by atoms with Gasteiger partial charge in [0.15, 0.2) is 0 Å². The van der Waals surface area contributed by atoms with Crippen molar-refractivity contribution in [3.05, 3.63) is 46.4 Å². The van der Waals surface area contributed by atoms with E-state index in [9.17, 15) is 17.6 Å². The van der Waals surface area contributed by atoms with E-state index >= 15 is 0 Å². The quantitative estimate of drug-likeness (QED) is 0.687. The number of aromatic nitrogens is 3. The number of rotatable bonds is 7. The molecule has 0 bridgehead atoms. The highest BCUT2D eigenvalue weighted by atomic mass is 32.2. The molecule has 0 atom stereocenters. The summed E-state index contributed by atoms with van der Waals surface area (Å²) in [7, 11) is -2.09. The third kappa shape index (κ3) is 4.03. The zero-order valence-corrected chi connectivity index (χ0v) is 16.9. The number of sulfonamides is 1. The first kappa shape index (κ1) is 20.7. The lowest BCUT2D eigenvalue weighted by atomic mass is 9.97. The predicted octanol–water partition coefficient (Wildman–Crippen LogP) is 1.42. The van der Waals surface area contributed by atoms with Gasteiger partial charge in [0.05, 0.1) is 18.0 Å². The molecule has 1 aromatic carbocycles. The Morgan fingerprint density at radius 2 is 1.86 bits per heavy atom. The van der Waals surface area contributed by atoms with Gasteiger partial charge in [0.2, 0.25) is 10.0 Å². The first-order valence-electron chi connectivity index (χ1n) is 9.30. The van der Waals surface area contributed by atoms with Crippen LogP contribution >= 0.6 is 0 Å². The summed E-state index contributed by atoms with van der Waals surface area (Å²) in [5.41, 5.74) is -0.170. The Morgan fingerprint density at radius 1 is 1.21 bits per heavy atom. The second-order valence-electron chi connectivity index (χ2n) is 6.73. The zero-order valence-electron chi connectivity index (χ0n) is 16.0. The lowest BCUT2D eigenvalue weighted by Gasteiger charge is -2.30. The molecule has 8 nitrogen and oxygen atoms in total. The van der Waals surface area contributed by atoms with Crippen molar-refractivity contribution in [2.75, 3.05) is 26.8 Å². The van der Waals surface area contributed by atoms with Crippen LogP contribution in [0.2, 0.25) is 0 Å². The van der Waals surface area contributed by atoms with Gasteiger partial charge in [0, 0.05) is 32.7 Å². The van der Waals surface area contributed by atoms with Gasteiger partial charge in [-0.2, -0.15) is 9.40 Å². The highest BCUT2D eigenvalue weighted by molar-refractivity contribution is 7.89. The molecule has 0 amide bonds. The maximum Gasteiger partial charge on any atom is 0.345 e. The number of ether oxygens (including phenoxy) is 1. The van der Waals surface area contributed by atoms with Crippen LogP contribution in [0.5, 0.6) is 0 Å². The summed E-state index contributed by atoms with van der Waals surface area (Å²) < 4.78 is 48.1. The molecule has 10 heteroatoms. The van der Waals surface area contributed by atoms with Crippen LogP contribution in [0.4, 0.5) is 4.39 Å². The van der Waals surface area contributed by atoms with Gasteiger partial charge in [-0.05, 0) is 44.0 Å². The average Bonchev–Trinajstić information content (AvgIpc) is 3.02. The minimum Gasteiger partial charge on any atom is -0.383 e. The first-order valence-corrected chi connectivity index (χ1v) is 10.7. The topological polar surface area (TPSA) is 86.4 Å². The predicted molar refractivity (Wildman–Crippen MR) is 101 cm³/mol. The van der Waals surface area contributed by atoms with E-state index in [1.807, 2.05) is 6.92 Å². The largest absolute Gasteiger partial charge is 0.383 e. The van der Waals surface area contributed by atoms with Crippen LogP contribution in [0.15, 0.2) is 34.0 Å². The van der Waals surface area contributed by atoms with Gasteiger partial charge in [-0.25, -0.2) is 22.3 Å². The number of nitrogens with zero attached hydrogens (tertiary/aromatic N) is 4. The van der Waals surface area contributed by atoms with Crippen LogP contribution in [0.3, 0.4) is 0 Å². The summed E-state index contributed by atoms with van der Waals surface area (Å²) >= 11 is 0. The standard InChI is InChI=1S/C18H25FN4O4S/c1-3-22-17(20-23(18(22)24)12-13-27-2)14-8-10-21(11-9-14)28(25,26)16-6-4-15(19)5-7-16/h4-7,14H,3,8-13H2,1-2H3. The van der Waals surface area contributed by atoms with Crippen LogP contribution in [0.1, 0.15) is 31.5 Å². The van der Waals surface area contributed by atoms with E-state index in [1.165, 1.54) is 21.1 Å². The monoisotopic (exact) mass is 412 g/mol. The molecule has 0 N–H and O–H groups in total. The SMILES string of the molecule is CCn1c(C2CCN(S(=O)(=O)c3ccc(F)cc3)CC2)nn(CCOC)c1=O. The van der Waals surface area contributed by atoms with E-state index in [1.54, 1.807) is 11.7 Å². The molecule has 2 aromatic rings. The van der Waals surface area contributed by atoms with Crippen molar-refractivity contribution < 1.29 is 17.5 Å². The van der Waals surface area contributed by atoms with Gasteiger partial charge in [-0.15, -0.1) is 0 Å². The number of piperidine rings is 1. The van der Waals surface area contributed by atoms with Crippen molar-refractivity contribution in [1.29, 1.82) is 0 Å². The van der Waals surface area contributed by atoms with Gasteiger partial charge in [0.1, 0.15) is 11.6 Å².